The number of aryl methyl sites for hydroxylation is 1. The number of rotatable bonds is 1. The Hall–Kier alpha value is -3.63. The number of methoxy groups -OCH3 is 1. The van der Waals surface area contributed by atoms with E-state index in [1.165, 1.54) is 18.1 Å². The van der Waals surface area contributed by atoms with Crippen LogP contribution < -0.4 is 10.1 Å². The lowest BCUT2D eigenvalue weighted by Crippen LogP contribution is -2.57. The molecule has 2 aliphatic heterocycles. The van der Waals surface area contributed by atoms with Crippen molar-refractivity contribution in [3.05, 3.63) is 23.9 Å². The summed E-state index contributed by atoms with van der Waals surface area (Å²) in [6, 6.07) is 3.01. The third kappa shape index (κ3) is 6.96. The summed E-state index contributed by atoms with van der Waals surface area (Å²) in [6.07, 6.45) is 5.04. The van der Waals surface area contributed by atoms with Crippen LogP contribution in [0.25, 0.3) is 11.0 Å². The Morgan fingerprint density at radius 2 is 1.86 bits per heavy atom. The number of esters is 1. The number of aromatic nitrogens is 2. The van der Waals surface area contributed by atoms with Gasteiger partial charge < -0.3 is 29.5 Å². The number of amides is 2. The predicted octanol–water partition coefficient (Wildman–Crippen LogP) is 4.53. The summed E-state index contributed by atoms with van der Waals surface area (Å²) in [5.41, 5.74) is 1.18. The Kier molecular flexibility index (Phi) is 8.99. The highest BCUT2D eigenvalue weighted by molar-refractivity contribution is 5.91. The highest BCUT2D eigenvalue weighted by Gasteiger charge is 2.47. The molecule has 1 saturated heterocycles. The lowest BCUT2D eigenvalue weighted by atomic mass is 9.85. The maximum absolute atomic E-state index is 14.1. The van der Waals surface area contributed by atoms with Crippen molar-refractivity contribution in [2.45, 2.75) is 103 Å². The fraction of sp³-hybridized carbons (Fsp3) is 0.656. The molecule has 11 nitrogen and oxygen atoms in total. The van der Waals surface area contributed by atoms with E-state index in [0.717, 1.165) is 38.5 Å². The van der Waals surface area contributed by atoms with Gasteiger partial charge >= 0.3 is 12.1 Å². The van der Waals surface area contributed by atoms with Crippen LogP contribution in [0.15, 0.2) is 18.2 Å². The van der Waals surface area contributed by atoms with Gasteiger partial charge in [-0.3, -0.25) is 4.79 Å². The fourth-order valence-electron chi connectivity index (χ4n) is 6.75. The van der Waals surface area contributed by atoms with E-state index in [2.05, 4.69) is 12.2 Å². The summed E-state index contributed by atoms with van der Waals surface area (Å²) >= 11 is 0. The minimum atomic E-state index is -0.943. The van der Waals surface area contributed by atoms with Crippen LogP contribution in [0.3, 0.4) is 0 Å². The summed E-state index contributed by atoms with van der Waals surface area (Å²) < 4.78 is 17.4. The van der Waals surface area contributed by atoms with E-state index in [0.29, 0.717) is 34.9 Å². The number of fused-ring (bicyclic) bond motifs is 5. The number of benzene rings is 1. The molecule has 2 fully saturated rings. The van der Waals surface area contributed by atoms with E-state index >= 15 is 0 Å². The van der Waals surface area contributed by atoms with Crippen molar-refractivity contribution in [2.75, 3.05) is 13.7 Å². The van der Waals surface area contributed by atoms with E-state index in [9.17, 15) is 19.5 Å². The van der Waals surface area contributed by atoms with Crippen LogP contribution in [0, 0.1) is 17.3 Å². The molecule has 5 rings (SSSR count). The molecule has 2 bridgehead atoms. The van der Waals surface area contributed by atoms with Crippen molar-refractivity contribution in [1.29, 1.82) is 0 Å². The standard InChI is InChI=1S/C32H44N4O7/c1-18-13-19-9-7-6-8-10-23-28(34-24-15-20(37)11-12-22(24)33-23)42-21-16-25(30(39)41-5)36(17-21)29(38)27(32(2,3)4)35-31(40)43-26(19)14-18/h11-12,15,18-19,21,25-27,37H,6-10,13-14,16-17H2,1-5H3,(H,35,40)/t18-,19-,21-,25+,26-,27-/m1/s1. The van der Waals surface area contributed by atoms with Crippen molar-refractivity contribution >= 4 is 29.0 Å². The largest absolute Gasteiger partial charge is 0.508 e. The highest BCUT2D eigenvalue weighted by atomic mass is 16.6. The van der Waals surface area contributed by atoms with Crippen LogP contribution >= 0.6 is 0 Å². The number of phenols is 1. The number of ether oxygens (including phenoxy) is 3. The first-order valence-corrected chi connectivity index (χ1v) is 15.4. The zero-order chi connectivity index (χ0) is 30.9. The minimum Gasteiger partial charge on any atom is -0.508 e. The van der Waals surface area contributed by atoms with E-state index in [4.69, 9.17) is 24.2 Å². The monoisotopic (exact) mass is 596 g/mol. The second kappa shape index (κ2) is 12.5. The number of alkyl carbamates (subject to hydrolysis) is 1. The molecular weight excluding hydrogens is 552 g/mol. The first kappa shape index (κ1) is 30.8. The maximum atomic E-state index is 14.1. The summed E-state index contributed by atoms with van der Waals surface area (Å²) in [7, 11) is 1.29. The Labute approximate surface area is 252 Å². The van der Waals surface area contributed by atoms with Gasteiger partial charge in [-0.25, -0.2) is 19.6 Å². The highest BCUT2D eigenvalue weighted by Crippen LogP contribution is 2.37. The van der Waals surface area contributed by atoms with Gasteiger partial charge in [0.25, 0.3) is 0 Å². The molecule has 2 amide bonds. The van der Waals surface area contributed by atoms with E-state index in [1.54, 1.807) is 12.1 Å². The number of hydrogen-bond acceptors (Lipinski definition) is 9. The molecule has 1 aromatic carbocycles. The van der Waals surface area contributed by atoms with Gasteiger partial charge in [-0.15, -0.1) is 0 Å². The third-order valence-electron chi connectivity index (χ3n) is 8.97. The van der Waals surface area contributed by atoms with Crippen LogP contribution in [-0.2, 0) is 25.5 Å². The molecular formula is C32H44N4O7. The minimum absolute atomic E-state index is 0.0733. The van der Waals surface area contributed by atoms with E-state index in [-0.39, 0.29) is 30.7 Å². The molecule has 0 radical (unpaired) electrons. The average molecular weight is 597 g/mol. The molecule has 43 heavy (non-hydrogen) atoms. The van der Waals surface area contributed by atoms with Crippen molar-refractivity contribution in [2.24, 2.45) is 17.3 Å². The number of nitrogens with zero attached hydrogens (tertiary/aromatic N) is 3. The molecule has 3 aliphatic rings. The lowest BCUT2D eigenvalue weighted by Gasteiger charge is -2.35. The first-order valence-electron chi connectivity index (χ1n) is 15.4. The molecule has 2 N–H and O–H groups in total. The SMILES string of the molecule is COC(=O)[C@@H]1C[C@@H]2CN1C(=O)[C@H](C(C)(C)C)NC(=O)O[C@@H]1C[C@H](C)C[C@H]1CCCCCc1nc3ccc(O)cc3nc1O2. The smallest absolute Gasteiger partial charge is 0.408 e. The molecule has 0 unspecified atom stereocenters. The zero-order valence-electron chi connectivity index (χ0n) is 25.8. The number of hydrogen-bond donors (Lipinski definition) is 2. The normalized spacial score (nSPS) is 29.0. The number of carbonyl (C=O) groups excluding carboxylic acids is 3. The van der Waals surface area contributed by atoms with Gasteiger partial charge in [0, 0.05) is 12.5 Å². The van der Waals surface area contributed by atoms with Gasteiger partial charge in [-0.2, -0.15) is 0 Å². The first-order chi connectivity index (χ1) is 20.4. The maximum Gasteiger partial charge on any atom is 0.408 e. The van der Waals surface area contributed by atoms with Crippen molar-refractivity contribution in [3.8, 4) is 11.6 Å². The average Bonchev–Trinajstić information content (AvgIpc) is 3.52. The predicted molar refractivity (Wildman–Crippen MR) is 158 cm³/mol. The third-order valence-corrected chi connectivity index (χ3v) is 8.97. The molecule has 0 spiro atoms. The van der Waals surface area contributed by atoms with Crippen LogP contribution in [0.2, 0.25) is 0 Å². The number of phenolic OH excluding ortho intramolecular Hbond substituents is 1. The second-order valence-corrected chi connectivity index (χ2v) is 13.5. The van der Waals surface area contributed by atoms with Crippen LogP contribution in [0.4, 0.5) is 4.79 Å². The van der Waals surface area contributed by atoms with Gasteiger partial charge in [-0.05, 0) is 61.5 Å². The van der Waals surface area contributed by atoms with Crippen molar-refractivity contribution < 1.29 is 33.7 Å². The number of aromatic hydroxyl groups is 1. The Balaban J connectivity index is 1.50. The second-order valence-electron chi connectivity index (χ2n) is 13.5. The molecule has 6 atom stereocenters. The van der Waals surface area contributed by atoms with E-state index < -0.39 is 41.6 Å². The molecule has 1 aliphatic carbocycles. The molecule has 1 saturated carbocycles. The molecule has 1 aromatic heterocycles. The topological polar surface area (TPSA) is 140 Å². The number of carbonyl (C=O) groups is 3. The van der Waals surface area contributed by atoms with Gasteiger partial charge in [0.05, 0.1) is 24.7 Å². The van der Waals surface area contributed by atoms with Crippen LogP contribution in [0.1, 0.15) is 78.3 Å². The summed E-state index contributed by atoms with van der Waals surface area (Å²) in [6.45, 7) is 7.88. The molecule has 3 heterocycles. The van der Waals surface area contributed by atoms with Crippen LogP contribution in [-0.4, -0.2) is 75.9 Å². The summed E-state index contributed by atoms with van der Waals surface area (Å²) in [5, 5.41) is 12.9. The van der Waals surface area contributed by atoms with E-state index in [1.807, 2.05) is 20.8 Å². The Morgan fingerprint density at radius 3 is 2.60 bits per heavy atom. The molecule has 234 valence electrons. The van der Waals surface area contributed by atoms with Gasteiger partial charge in [0.15, 0.2) is 0 Å². The van der Waals surface area contributed by atoms with Gasteiger partial charge in [0.2, 0.25) is 11.8 Å². The van der Waals surface area contributed by atoms with Crippen molar-refractivity contribution in [1.82, 2.24) is 20.2 Å². The molecule has 11 heteroatoms. The fourth-order valence-corrected chi connectivity index (χ4v) is 6.75. The van der Waals surface area contributed by atoms with Gasteiger partial charge in [0.1, 0.15) is 35.7 Å². The van der Waals surface area contributed by atoms with Crippen molar-refractivity contribution in [3.63, 3.8) is 0 Å². The summed E-state index contributed by atoms with van der Waals surface area (Å²) in [4.78, 5) is 51.2. The Morgan fingerprint density at radius 1 is 1.07 bits per heavy atom. The summed E-state index contributed by atoms with van der Waals surface area (Å²) in [5.74, 6) is 0.158. The van der Waals surface area contributed by atoms with Crippen LogP contribution in [0.5, 0.6) is 11.6 Å². The quantitative estimate of drug-likeness (QED) is 0.455. The lowest BCUT2D eigenvalue weighted by molar-refractivity contribution is -0.152. The zero-order valence-corrected chi connectivity index (χ0v) is 25.8. The Bertz CT molecular complexity index is 1360. The van der Waals surface area contributed by atoms with Gasteiger partial charge in [-0.1, -0.05) is 40.5 Å². The molecule has 2 aromatic rings. The number of nitrogens with one attached hydrogen (secondary N) is 1.